The first-order chi connectivity index (χ1) is 19.7. The molecular weight excluding hydrogens is 543 g/mol. The molecule has 1 fully saturated rings. The minimum atomic E-state index is -1.64. The number of ether oxygens (including phenoxy) is 2. The molecule has 0 aliphatic carbocycles. The number of hydrogen-bond donors (Lipinski definition) is 3. The van der Waals surface area contributed by atoms with Crippen LogP contribution in [-0.4, -0.2) is 73.2 Å². The van der Waals surface area contributed by atoms with Crippen LogP contribution in [0.2, 0.25) is 0 Å². The number of aliphatic hydroxyl groups excluding tert-OH is 3. The second-order valence-electron chi connectivity index (χ2n) is 9.86. The van der Waals surface area contributed by atoms with Crippen molar-refractivity contribution in [2.45, 2.75) is 56.5 Å². The summed E-state index contributed by atoms with van der Waals surface area (Å²) >= 11 is 0. The van der Waals surface area contributed by atoms with E-state index in [-0.39, 0.29) is 30.1 Å². The van der Waals surface area contributed by atoms with E-state index in [9.17, 15) is 33.3 Å². The molecule has 6 atom stereocenters. The van der Waals surface area contributed by atoms with Crippen LogP contribution in [0.15, 0.2) is 60.8 Å². The number of carbonyl (C=O) groups excluding carboxylic acids is 1. The molecule has 0 saturated carbocycles. The summed E-state index contributed by atoms with van der Waals surface area (Å²) in [5.41, 5.74) is 0.578. The van der Waals surface area contributed by atoms with Gasteiger partial charge < -0.3 is 24.8 Å². The highest BCUT2D eigenvalue weighted by atomic mass is 19.2. The van der Waals surface area contributed by atoms with Crippen molar-refractivity contribution < 1.29 is 42.8 Å². The SMILES string of the molecule is CCC(=O)[C@@H](OCc1ccc2ccccc2c1)[C@@H]1OC(CO)[C@H](O)[C@H](n2cc(-c3cc(F)c(F)c(F)c3)nn2)C1O. The average Bonchev–Trinajstić information content (AvgIpc) is 3.46. The summed E-state index contributed by atoms with van der Waals surface area (Å²) in [6.45, 7) is 0.985. The van der Waals surface area contributed by atoms with E-state index in [0.29, 0.717) is 0 Å². The Balaban J connectivity index is 1.42. The van der Waals surface area contributed by atoms with Gasteiger partial charge in [0.05, 0.1) is 19.4 Å². The summed E-state index contributed by atoms with van der Waals surface area (Å²) in [5.74, 6) is -4.87. The topological polar surface area (TPSA) is 127 Å². The Morgan fingerprint density at radius 3 is 2.44 bits per heavy atom. The smallest absolute Gasteiger partial charge is 0.194 e. The van der Waals surface area contributed by atoms with Crippen molar-refractivity contribution in [2.75, 3.05) is 6.61 Å². The molecule has 9 nitrogen and oxygen atoms in total. The maximum Gasteiger partial charge on any atom is 0.194 e. The van der Waals surface area contributed by atoms with E-state index in [4.69, 9.17) is 9.47 Å². The quantitative estimate of drug-likeness (QED) is 0.262. The van der Waals surface area contributed by atoms with Gasteiger partial charge in [-0.2, -0.15) is 0 Å². The van der Waals surface area contributed by atoms with Gasteiger partial charge in [0.2, 0.25) is 0 Å². The average molecular weight is 572 g/mol. The Morgan fingerprint density at radius 1 is 1.05 bits per heavy atom. The van der Waals surface area contributed by atoms with Gasteiger partial charge >= 0.3 is 0 Å². The first-order valence-electron chi connectivity index (χ1n) is 13.0. The molecule has 2 unspecified atom stereocenters. The number of nitrogens with zero attached hydrogens (tertiary/aromatic N) is 3. The monoisotopic (exact) mass is 571 g/mol. The zero-order valence-corrected chi connectivity index (χ0v) is 21.9. The van der Waals surface area contributed by atoms with E-state index in [1.807, 2.05) is 42.5 Å². The number of fused-ring (bicyclic) bond motifs is 1. The van der Waals surface area contributed by atoms with Gasteiger partial charge in [0.1, 0.15) is 42.3 Å². The highest BCUT2D eigenvalue weighted by Gasteiger charge is 2.50. The van der Waals surface area contributed by atoms with Gasteiger partial charge in [-0.15, -0.1) is 5.10 Å². The van der Waals surface area contributed by atoms with E-state index in [1.165, 1.54) is 6.20 Å². The van der Waals surface area contributed by atoms with Crippen molar-refractivity contribution in [1.29, 1.82) is 0 Å². The highest BCUT2D eigenvalue weighted by molar-refractivity contribution is 5.84. The van der Waals surface area contributed by atoms with Crippen molar-refractivity contribution in [2.24, 2.45) is 0 Å². The summed E-state index contributed by atoms with van der Waals surface area (Å²) in [6.07, 6.45) is -5.66. The molecule has 1 saturated heterocycles. The Kier molecular flexibility index (Phi) is 8.47. The fraction of sp³-hybridized carbons (Fsp3) is 0.345. The third-order valence-electron chi connectivity index (χ3n) is 7.23. The number of aliphatic hydroxyl groups is 3. The zero-order chi connectivity index (χ0) is 29.3. The molecule has 41 heavy (non-hydrogen) atoms. The highest BCUT2D eigenvalue weighted by Crippen LogP contribution is 2.34. The van der Waals surface area contributed by atoms with Gasteiger partial charge in [0.15, 0.2) is 23.2 Å². The lowest BCUT2D eigenvalue weighted by atomic mass is 9.88. The van der Waals surface area contributed by atoms with Crippen LogP contribution < -0.4 is 0 Å². The number of carbonyl (C=O) groups is 1. The predicted molar refractivity (Wildman–Crippen MR) is 140 cm³/mol. The zero-order valence-electron chi connectivity index (χ0n) is 21.9. The standard InChI is InChI=1S/C29H28F3N3O6/c1-2-22(37)28(40-14-15-7-8-16-5-3-4-6-17(16)9-15)29-27(39)25(26(38)23(13-36)41-29)35-12-21(33-34-35)18-10-19(30)24(32)20(31)11-18/h3-12,23,25-29,36,38-39H,2,13-14H2,1H3/t23?,25-,26-,27?,28+,29+/m0/s1. The minimum Gasteiger partial charge on any atom is -0.394 e. The van der Waals surface area contributed by atoms with Crippen molar-refractivity contribution in [1.82, 2.24) is 15.0 Å². The van der Waals surface area contributed by atoms with Crippen molar-refractivity contribution in [3.63, 3.8) is 0 Å². The Labute approximate surface area is 232 Å². The molecule has 3 aromatic carbocycles. The fourth-order valence-corrected chi connectivity index (χ4v) is 5.04. The predicted octanol–water partition coefficient (Wildman–Crippen LogP) is 3.10. The molecule has 0 amide bonds. The first kappa shape index (κ1) is 28.8. The molecule has 1 aliphatic heterocycles. The molecule has 2 heterocycles. The summed E-state index contributed by atoms with van der Waals surface area (Å²) in [6, 6.07) is 13.6. The Morgan fingerprint density at radius 2 is 1.76 bits per heavy atom. The van der Waals surface area contributed by atoms with Gasteiger partial charge in [-0.05, 0) is 34.5 Å². The number of rotatable bonds is 9. The second kappa shape index (κ2) is 12.0. The van der Waals surface area contributed by atoms with E-state index >= 15 is 0 Å². The van der Waals surface area contributed by atoms with E-state index in [2.05, 4.69) is 10.3 Å². The number of aromatic nitrogens is 3. The van der Waals surface area contributed by atoms with Gasteiger partial charge in [0.25, 0.3) is 0 Å². The number of ketones is 1. The maximum atomic E-state index is 13.8. The van der Waals surface area contributed by atoms with Gasteiger partial charge in [-0.3, -0.25) is 4.79 Å². The van der Waals surface area contributed by atoms with Gasteiger partial charge in [-0.1, -0.05) is 48.5 Å². The molecule has 5 rings (SSSR count). The van der Waals surface area contributed by atoms with Gasteiger partial charge in [-0.25, -0.2) is 17.9 Å². The lowest BCUT2D eigenvalue weighted by molar-refractivity contribution is -0.234. The lowest BCUT2D eigenvalue weighted by Gasteiger charge is -2.44. The molecule has 4 aromatic rings. The molecule has 1 aromatic heterocycles. The molecule has 216 valence electrons. The van der Waals surface area contributed by atoms with Crippen LogP contribution in [0.1, 0.15) is 24.9 Å². The van der Waals surface area contributed by atoms with E-state index in [1.54, 1.807) is 6.92 Å². The third-order valence-corrected chi connectivity index (χ3v) is 7.23. The number of Topliss-reactive ketones (excluding diaryl/α,β-unsaturated/α-hetero) is 1. The van der Waals surface area contributed by atoms with E-state index in [0.717, 1.165) is 33.2 Å². The lowest BCUT2D eigenvalue weighted by Crippen LogP contribution is -2.60. The molecule has 12 heteroatoms. The maximum absolute atomic E-state index is 13.8. The van der Waals surface area contributed by atoms with Crippen molar-refractivity contribution >= 4 is 16.6 Å². The van der Waals surface area contributed by atoms with Crippen LogP contribution in [0, 0.1) is 17.5 Å². The molecule has 1 aliphatic rings. The third kappa shape index (κ3) is 5.74. The number of benzene rings is 3. The fourth-order valence-electron chi connectivity index (χ4n) is 5.04. The van der Waals surface area contributed by atoms with Crippen LogP contribution in [0.5, 0.6) is 0 Å². The summed E-state index contributed by atoms with van der Waals surface area (Å²) in [5, 5.41) is 42.0. The van der Waals surface area contributed by atoms with Gasteiger partial charge in [0, 0.05) is 12.0 Å². The first-order valence-corrected chi connectivity index (χ1v) is 13.0. The summed E-state index contributed by atoms with van der Waals surface area (Å²) < 4.78 is 53.9. The van der Waals surface area contributed by atoms with E-state index < -0.39 is 60.6 Å². The summed E-state index contributed by atoms with van der Waals surface area (Å²) in [7, 11) is 0. The van der Waals surface area contributed by atoms with Crippen LogP contribution >= 0.6 is 0 Å². The molecule has 0 spiro atoms. The molecular formula is C29H28F3N3O6. The normalized spacial score (nSPS) is 23.5. The molecule has 3 N–H and O–H groups in total. The number of hydrogen-bond acceptors (Lipinski definition) is 8. The Bertz CT molecular complexity index is 1530. The second-order valence-corrected chi connectivity index (χ2v) is 9.86. The van der Waals surface area contributed by atoms with Crippen molar-refractivity contribution in [3.8, 4) is 11.3 Å². The van der Waals surface area contributed by atoms with Crippen LogP contribution in [-0.2, 0) is 20.9 Å². The Hall–Kier alpha value is -3.68. The van der Waals surface area contributed by atoms with Crippen LogP contribution in [0.3, 0.4) is 0 Å². The minimum absolute atomic E-state index is 0.0139. The summed E-state index contributed by atoms with van der Waals surface area (Å²) in [4.78, 5) is 13.0. The van der Waals surface area contributed by atoms with Crippen molar-refractivity contribution in [3.05, 3.63) is 83.8 Å². The molecule has 0 radical (unpaired) electrons. The van der Waals surface area contributed by atoms with Crippen LogP contribution in [0.25, 0.3) is 22.0 Å². The van der Waals surface area contributed by atoms with Crippen LogP contribution in [0.4, 0.5) is 13.2 Å². The largest absolute Gasteiger partial charge is 0.394 e. The number of halogens is 3. The molecule has 0 bridgehead atoms.